The van der Waals surface area contributed by atoms with E-state index >= 15 is 0 Å². The number of sulfonamides is 1. The molecule has 0 aromatic carbocycles. The highest BCUT2D eigenvalue weighted by molar-refractivity contribution is 7.88. The highest BCUT2D eigenvalue weighted by Gasteiger charge is 2.47. The molecule has 3 heterocycles. The van der Waals surface area contributed by atoms with Crippen LogP contribution in [0.3, 0.4) is 0 Å². The van der Waals surface area contributed by atoms with Crippen molar-refractivity contribution in [2.75, 3.05) is 19.3 Å². The lowest BCUT2D eigenvalue weighted by Crippen LogP contribution is -2.41. The van der Waals surface area contributed by atoms with Gasteiger partial charge >= 0.3 is 0 Å². The fourth-order valence-electron chi connectivity index (χ4n) is 3.44. The Labute approximate surface area is 119 Å². The zero-order valence-corrected chi connectivity index (χ0v) is 12.5. The van der Waals surface area contributed by atoms with Crippen molar-refractivity contribution in [3.8, 4) is 0 Å². The van der Waals surface area contributed by atoms with Crippen LogP contribution in [0, 0.1) is 0 Å². The molecule has 0 aliphatic carbocycles. The minimum absolute atomic E-state index is 0.000325. The standard InChI is InChI=1S/C13H19N3O3S/c1-14-7-3-4-12(14)13(17)15-8-5-11-10(15)6-9-16(11)20(2,18)19/h3-4,7,10-11H,5-6,8-9H2,1-2H3/t10-,11+/m1/s1. The van der Waals surface area contributed by atoms with E-state index in [-0.39, 0.29) is 18.0 Å². The zero-order chi connectivity index (χ0) is 14.5. The summed E-state index contributed by atoms with van der Waals surface area (Å²) >= 11 is 0. The van der Waals surface area contributed by atoms with E-state index in [2.05, 4.69) is 0 Å². The first-order valence-corrected chi connectivity index (χ1v) is 8.63. The van der Waals surface area contributed by atoms with Crippen LogP contribution in [0.2, 0.25) is 0 Å². The fourth-order valence-corrected chi connectivity index (χ4v) is 4.62. The number of hydrogen-bond acceptors (Lipinski definition) is 3. The second kappa shape index (κ2) is 4.60. The van der Waals surface area contributed by atoms with E-state index in [0.29, 0.717) is 18.8 Å². The molecule has 7 heteroatoms. The normalized spacial score (nSPS) is 27.0. The molecule has 20 heavy (non-hydrogen) atoms. The maximum Gasteiger partial charge on any atom is 0.270 e. The minimum Gasteiger partial charge on any atom is -0.347 e. The van der Waals surface area contributed by atoms with Crippen molar-refractivity contribution >= 4 is 15.9 Å². The number of fused-ring (bicyclic) bond motifs is 1. The lowest BCUT2D eigenvalue weighted by atomic mass is 10.1. The van der Waals surface area contributed by atoms with E-state index < -0.39 is 10.0 Å². The van der Waals surface area contributed by atoms with Gasteiger partial charge in [0, 0.05) is 32.4 Å². The molecule has 1 aromatic heterocycles. The first-order chi connectivity index (χ1) is 9.39. The Morgan fingerprint density at radius 3 is 2.55 bits per heavy atom. The molecule has 2 saturated heterocycles. The maximum absolute atomic E-state index is 12.6. The van der Waals surface area contributed by atoms with Gasteiger partial charge in [-0.25, -0.2) is 8.42 Å². The quantitative estimate of drug-likeness (QED) is 0.787. The van der Waals surface area contributed by atoms with Gasteiger partial charge in [-0.15, -0.1) is 0 Å². The highest BCUT2D eigenvalue weighted by atomic mass is 32.2. The van der Waals surface area contributed by atoms with Crippen LogP contribution >= 0.6 is 0 Å². The van der Waals surface area contributed by atoms with Gasteiger partial charge in [0.1, 0.15) is 5.69 Å². The third kappa shape index (κ3) is 2.05. The van der Waals surface area contributed by atoms with Crippen molar-refractivity contribution < 1.29 is 13.2 Å². The van der Waals surface area contributed by atoms with Gasteiger partial charge in [-0.1, -0.05) is 0 Å². The molecular weight excluding hydrogens is 278 g/mol. The molecule has 110 valence electrons. The van der Waals surface area contributed by atoms with E-state index in [0.717, 1.165) is 12.8 Å². The summed E-state index contributed by atoms with van der Waals surface area (Å²) in [7, 11) is -1.33. The number of carbonyl (C=O) groups excluding carboxylic acids is 1. The summed E-state index contributed by atoms with van der Waals surface area (Å²) in [4.78, 5) is 14.4. The Hall–Kier alpha value is -1.34. The topological polar surface area (TPSA) is 62.6 Å². The van der Waals surface area contributed by atoms with E-state index in [4.69, 9.17) is 0 Å². The third-order valence-electron chi connectivity index (χ3n) is 4.38. The Bertz CT molecular complexity index is 637. The molecule has 0 radical (unpaired) electrons. The fraction of sp³-hybridized carbons (Fsp3) is 0.615. The molecule has 1 amide bonds. The molecule has 3 rings (SSSR count). The Balaban J connectivity index is 1.83. The Kier molecular flexibility index (Phi) is 3.13. The van der Waals surface area contributed by atoms with Crippen LogP contribution < -0.4 is 0 Å². The lowest BCUT2D eigenvalue weighted by Gasteiger charge is -2.24. The van der Waals surface area contributed by atoms with E-state index in [1.807, 2.05) is 24.2 Å². The summed E-state index contributed by atoms with van der Waals surface area (Å²) in [5.74, 6) is 0.000325. The van der Waals surface area contributed by atoms with Gasteiger partial charge in [0.15, 0.2) is 0 Å². The van der Waals surface area contributed by atoms with Crippen molar-refractivity contribution in [1.82, 2.24) is 13.8 Å². The number of hydrogen-bond donors (Lipinski definition) is 0. The second-order valence-electron chi connectivity index (χ2n) is 5.59. The molecule has 0 bridgehead atoms. The summed E-state index contributed by atoms with van der Waals surface area (Å²) in [5.41, 5.74) is 0.656. The molecule has 2 aliphatic rings. The number of aromatic nitrogens is 1. The predicted octanol–water partition coefficient (Wildman–Crippen LogP) is 0.274. The highest BCUT2D eigenvalue weighted by Crippen LogP contribution is 2.33. The molecular formula is C13H19N3O3S. The summed E-state index contributed by atoms with van der Waals surface area (Å²) in [5, 5.41) is 0. The molecule has 2 aliphatic heterocycles. The minimum atomic E-state index is -3.18. The van der Waals surface area contributed by atoms with Crippen molar-refractivity contribution in [1.29, 1.82) is 0 Å². The van der Waals surface area contributed by atoms with Crippen LogP contribution in [-0.4, -0.2) is 59.5 Å². The van der Waals surface area contributed by atoms with Crippen molar-refractivity contribution in [2.24, 2.45) is 7.05 Å². The average Bonchev–Trinajstić information content (AvgIpc) is 3.00. The lowest BCUT2D eigenvalue weighted by molar-refractivity contribution is 0.0725. The van der Waals surface area contributed by atoms with E-state index in [1.54, 1.807) is 14.9 Å². The summed E-state index contributed by atoms with van der Waals surface area (Å²) in [6.07, 6.45) is 4.55. The van der Waals surface area contributed by atoms with Gasteiger partial charge < -0.3 is 9.47 Å². The number of rotatable bonds is 2. The Morgan fingerprint density at radius 1 is 1.25 bits per heavy atom. The van der Waals surface area contributed by atoms with Gasteiger partial charge in [0.25, 0.3) is 5.91 Å². The van der Waals surface area contributed by atoms with E-state index in [1.165, 1.54) is 6.26 Å². The largest absolute Gasteiger partial charge is 0.347 e. The van der Waals surface area contributed by atoms with Gasteiger partial charge in [0.2, 0.25) is 10.0 Å². The van der Waals surface area contributed by atoms with Crippen LogP contribution in [0.4, 0.5) is 0 Å². The first kappa shape index (κ1) is 13.6. The first-order valence-electron chi connectivity index (χ1n) is 6.78. The SMILES string of the molecule is Cn1cccc1C(=O)N1CC[C@H]2[C@H]1CCN2S(C)(=O)=O. The van der Waals surface area contributed by atoms with Gasteiger partial charge in [-0.05, 0) is 25.0 Å². The number of carbonyl (C=O) groups is 1. The summed E-state index contributed by atoms with van der Waals surface area (Å²) < 4.78 is 26.9. The molecule has 0 saturated carbocycles. The van der Waals surface area contributed by atoms with Gasteiger partial charge in [0.05, 0.1) is 12.3 Å². The molecule has 2 atom stereocenters. The third-order valence-corrected chi connectivity index (χ3v) is 5.68. The van der Waals surface area contributed by atoms with Crippen LogP contribution in [0.25, 0.3) is 0 Å². The van der Waals surface area contributed by atoms with Crippen molar-refractivity contribution in [3.05, 3.63) is 24.0 Å². The molecule has 0 N–H and O–H groups in total. The molecule has 0 spiro atoms. The number of amides is 1. The van der Waals surface area contributed by atoms with Gasteiger partial charge in [-0.2, -0.15) is 4.31 Å². The predicted molar refractivity (Wildman–Crippen MR) is 74.8 cm³/mol. The molecule has 2 fully saturated rings. The average molecular weight is 297 g/mol. The summed E-state index contributed by atoms with van der Waals surface area (Å²) in [6.45, 7) is 1.15. The summed E-state index contributed by atoms with van der Waals surface area (Å²) in [6, 6.07) is 3.62. The molecule has 1 aromatic rings. The van der Waals surface area contributed by atoms with Crippen molar-refractivity contribution in [2.45, 2.75) is 24.9 Å². The van der Waals surface area contributed by atoms with Crippen LogP contribution in [0.5, 0.6) is 0 Å². The van der Waals surface area contributed by atoms with Crippen molar-refractivity contribution in [3.63, 3.8) is 0 Å². The Morgan fingerprint density at radius 2 is 1.95 bits per heavy atom. The maximum atomic E-state index is 12.6. The van der Waals surface area contributed by atoms with E-state index in [9.17, 15) is 13.2 Å². The molecule has 0 unspecified atom stereocenters. The number of aryl methyl sites for hydroxylation is 1. The van der Waals surface area contributed by atoms with Crippen LogP contribution in [-0.2, 0) is 17.1 Å². The zero-order valence-electron chi connectivity index (χ0n) is 11.7. The second-order valence-corrected chi connectivity index (χ2v) is 7.52. The van der Waals surface area contributed by atoms with Gasteiger partial charge in [-0.3, -0.25) is 4.79 Å². The smallest absolute Gasteiger partial charge is 0.270 e. The monoisotopic (exact) mass is 297 g/mol. The number of likely N-dealkylation sites (tertiary alicyclic amines) is 1. The van der Waals surface area contributed by atoms with Crippen LogP contribution in [0.15, 0.2) is 18.3 Å². The van der Waals surface area contributed by atoms with Crippen LogP contribution in [0.1, 0.15) is 23.3 Å². The number of nitrogens with zero attached hydrogens (tertiary/aromatic N) is 3. The molecule has 6 nitrogen and oxygen atoms in total.